The number of carbonyl (C=O) groups excluding carboxylic acids is 1. The molecule has 2 atom stereocenters. The van der Waals surface area contributed by atoms with E-state index in [2.05, 4.69) is 4.74 Å². The number of nitrogens with two attached hydrogens (primary N) is 2. The number of primary amides is 1. The Hall–Kier alpha value is -1.14. The highest BCUT2D eigenvalue weighted by molar-refractivity contribution is 5.88. The molecule has 0 saturated carbocycles. The molecule has 13 heavy (non-hydrogen) atoms. The summed E-state index contributed by atoms with van der Waals surface area (Å²) in [6, 6.07) is 0.0117. The average Bonchev–Trinajstić information content (AvgIpc) is 2.04. The van der Waals surface area contributed by atoms with Gasteiger partial charge >= 0.3 is 6.09 Å². The highest BCUT2D eigenvalue weighted by atomic mass is 16.6. The van der Waals surface area contributed by atoms with Gasteiger partial charge in [-0.1, -0.05) is 0 Å². The van der Waals surface area contributed by atoms with Gasteiger partial charge in [0.1, 0.15) is 6.10 Å². The van der Waals surface area contributed by atoms with Gasteiger partial charge in [0.05, 0.1) is 6.61 Å². The molecule has 0 bridgehead atoms. The molecule has 0 unspecified atom stereocenters. The first-order valence-electron chi connectivity index (χ1n) is 4.02. The van der Waals surface area contributed by atoms with E-state index >= 15 is 0 Å². The van der Waals surface area contributed by atoms with Crippen LogP contribution in [0.2, 0.25) is 0 Å². The first-order valence-corrected chi connectivity index (χ1v) is 4.02. The summed E-state index contributed by atoms with van der Waals surface area (Å²) < 4.78 is 9.55. The summed E-state index contributed by atoms with van der Waals surface area (Å²) in [5, 5.41) is 7.29. The molecular formula is C7H13N3O3. The molecule has 6 nitrogen and oxygen atoms in total. The highest BCUT2D eigenvalue weighted by Gasteiger charge is 2.24. The Morgan fingerprint density at radius 2 is 2.23 bits per heavy atom. The largest absolute Gasteiger partial charge is 0.411 e. The summed E-state index contributed by atoms with van der Waals surface area (Å²) in [5.74, 6) is -0.237. The fourth-order valence-electron chi connectivity index (χ4n) is 1.15. The Balaban J connectivity index is 2.36. The van der Waals surface area contributed by atoms with Crippen LogP contribution in [0, 0.1) is 5.41 Å². The summed E-state index contributed by atoms with van der Waals surface area (Å²) in [4.78, 5) is 10.3. The molecule has 0 aromatic heterocycles. The molecule has 1 amide bonds. The predicted molar refractivity (Wildman–Crippen MR) is 45.3 cm³/mol. The number of hydrogen-bond donors (Lipinski definition) is 3. The average molecular weight is 187 g/mol. The topological polar surface area (TPSA) is 111 Å². The van der Waals surface area contributed by atoms with E-state index in [1.54, 1.807) is 0 Å². The molecule has 1 saturated heterocycles. The first kappa shape index (κ1) is 9.94. The van der Waals surface area contributed by atoms with Crippen LogP contribution in [-0.2, 0) is 9.47 Å². The van der Waals surface area contributed by atoms with Crippen molar-refractivity contribution < 1.29 is 14.3 Å². The van der Waals surface area contributed by atoms with Crippen molar-refractivity contribution in [1.82, 2.24) is 0 Å². The van der Waals surface area contributed by atoms with Crippen molar-refractivity contribution in [3.05, 3.63) is 0 Å². The van der Waals surface area contributed by atoms with Crippen LogP contribution in [0.25, 0.3) is 0 Å². The standard InChI is InChI=1S/C7H13N3O3/c8-4-1-2-5(12-3-4)6(9)13-7(10)11/h4-5,9H,1-3,8H2,(H2,10,11)/t4-,5+/m1/s1. The van der Waals surface area contributed by atoms with Crippen LogP contribution in [0.5, 0.6) is 0 Å². The van der Waals surface area contributed by atoms with Crippen LogP contribution in [0.15, 0.2) is 0 Å². The van der Waals surface area contributed by atoms with Gasteiger partial charge in [-0.15, -0.1) is 0 Å². The van der Waals surface area contributed by atoms with Crippen LogP contribution in [0.3, 0.4) is 0 Å². The zero-order valence-electron chi connectivity index (χ0n) is 7.16. The van der Waals surface area contributed by atoms with Crippen molar-refractivity contribution in [1.29, 1.82) is 5.41 Å². The van der Waals surface area contributed by atoms with Gasteiger partial charge in [0, 0.05) is 6.04 Å². The Morgan fingerprint density at radius 1 is 1.54 bits per heavy atom. The predicted octanol–water partition coefficient (Wildman–Crippen LogP) is -0.435. The van der Waals surface area contributed by atoms with E-state index in [-0.39, 0.29) is 11.9 Å². The van der Waals surface area contributed by atoms with Crippen LogP contribution in [-0.4, -0.2) is 30.7 Å². The van der Waals surface area contributed by atoms with Gasteiger partial charge in [0.25, 0.3) is 0 Å². The van der Waals surface area contributed by atoms with Crippen molar-refractivity contribution in [2.24, 2.45) is 11.5 Å². The number of nitrogens with one attached hydrogen (secondary N) is 1. The molecule has 1 aliphatic heterocycles. The van der Waals surface area contributed by atoms with Crippen molar-refractivity contribution in [3.63, 3.8) is 0 Å². The second-order valence-electron chi connectivity index (χ2n) is 2.94. The van der Waals surface area contributed by atoms with Gasteiger partial charge in [-0.05, 0) is 12.8 Å². The molecule has 1 aliphatic rings. The molecule has 1 rings (SSSR count). The molecule has 1 heterocycles. The molecule has 0 radical (unpaired) electrons. The summed E-state index contributed by atoms with van der Waals surface area (Å²) in [6.07, 6.45) is -0.113. The molecule has 5 N–H and O–H groups in total. The van der Waals surface area contributed by atoms with Crippen molar-refractivity contribution in [3.8, 4) is 0 Å². The van der Waals surface area contributed by atoms with Gasteiger partial charge in [-0.3, -0.25) is 5.41 Å². The van der Waals surface area contributed by atoms with Crippen LogP contribution in [0.1, 0.15) is 12.8 Å². The first-order chi connectivity index (χ1) is 6.09. The van der Waals surface area contributed by atoms with Crippen molar-refractivity contribution in [2.75, 3.05) is 6.61 Å². The van der Waals surface area contributed by atoms with E-state index in [1.165, 1.54) is 0 Å². The van der Waals surface area contributed by atoms with E-state index < -0.39 is 12.2 Å². The monoisotopic (exact) mass is 187 g/mol. The van der Waals surface area contributed by atoms with Crippen LogP contribution in [0.4, 0.5) is 4.79 Å². The smallest absolute Gasteiger partial charge is 0.393 e. The number of rotatable bonds is 1. The normalized spacial score (nSPS) is 28.1. The zero-order valence-corrected chi connectivity index (χ0v) is 7.16. The Labute approximate surface area is 75.7 Å². The maximum atomic E-state index is 10.3. The lowest BCUT2D eigenvalue weighted by atomic mass is 10.1. The molecule has 0 spiro atoms. The SMILES string of the molecule is N=C(OC(N)=O)[C@@H]1CC[C@@H](N)CO1. The maximum absolute atomic E-state index is 10.3. The number of amides is 1. The fraction of sp³-hybridized carbons (Fsp3) is 0.714. The van der Waals surface area contributed by atoms with Gasteiger partial charge in [0.2, 0.25) is 5.90 Å². The number of hydrogen-bond acceptors (Lipinski definition) is 5. The fourth-order valence-corrected chi connectivity index (χ4v) is 1.15. The van der Waals surface area contributed by atoms with E-state index in [1.807, 2.05) is 0 Å². The zero-order chi connectivity index (χ0) is 9.84. The van der Waals surface area contributed by atoms with E-state index in [4.69, 9.17) is 21.6 Å². The molecule has 0 aromatic carbocycles. The minimum Gasteiger partial charge on any atom is -0.393 e. The lowest BCUT2D eigenvalue weighted by molar-refractivity contribution is 0.0343. The minimum absolute atomic E-state index is 0.0117. The van der Waals surface area contributed by atoms with E-state index in [0.717, 1.165) is 6.42 Å². The van der Waals surface area contributed by atoms with Crippen molar-refractivity contribution >= 4 is 12.0 Å². The molecule has 6 heteroatoms. The summed E-state index contributed by atoms with van der Waals surface area (Å²) in [5.41, 5.74) is 10.3. The third-order valence-electron chi connectivity index (χ3n) is 1.81. The van der Waals surface area contributed by atoms with Gasteiger partial charge in [-0.2, -0.15) is 0 Å². The molecule has 0 aromatic rings. The molecule has 0 aliphatic carbocycles. The quantitative estimate of drug-likeness (QED) is 0.381. The Morgan fingerprint density at radius 3 is 2.69 bits per heavy atom. The maximum Gasteiger partial charge on any atom is 0.411 e. The van der Waals surface area contributed by atoms with Gasteiger partial charge < -0.3 is 20.9 Å². The third-order valence-corrected chi connectivity index (χ3v) is 1.81. The van der Waals surface area contributed by atoms with Gasteiger partial charge in [0.15, 0.2) is 0 Å². The minimum atomic E-state index is -0.983. The highest BCUT2D eigenvalue weighted by Crippen LogP contribution is 2.13. The summed E-state index contributed by atoms with van der Waals surface area (Å²) in [7, 11) is 0. The third kappa shape index (κ3) is 3.00. The molecule has 74 valence electrons. The Kier molecular flexibility index (Phi) is 3.21. The Bertz CT molecular complexity index is 211. The molecular weight excluding hydrogens is 174 g/mol. The second-order valence-corrected chi connectivity index (χ2v) is 2.94. The molecule has 1 fully saturated rings. The van der Waals surface area contributed by atoms with Crippen molar-refractivity contribution in [2.45, 2.75) is 25.0 Å². The van der Waals surface area contributed by atoms with E-state index in [9.17, 15) is 4.79 Å². The van der Waals surface area contributed by atoms with Crippen LogP contribution >= 0.6 is 0 Å². The lowest BCUT2D eigenvalue weighted by Gasteiger charge is -2.25. The van der Waals surface area contributed by atoms with Crippen LogP contribution < -0.4 is 11.5 Å². The second kappa shape index (κ2) is 4.20. The van der Waals surface area contributed by atoms with E-state index in [0.29, 0.717) is 13.0 Å². The van der Waals surface area contributed by atoms with Gasteiger partial charge in [-0.25, -0.2) is 4.79 Å². The lowest BCUT2D eigenvalue weighted by Crippen LogP contribution is -2.40. The number of carbonyl (C=O) groups is 1. The summed E-state index contributed by atoms with van der Waals surface area (Å²) >= 11 is 0. The number of ether oxygens (including phenoxy) is 2. The summed E-state index contributed by atoms with van der Waals surface area (Å²) in [6.45, 7) is 0.384.